The van der Waals surface area contributed by atoms with E-state index in [2.05, 4.69) is 25.1 Å². The predicted molar refractivity (Wildman–Crippen MR) is 47.3 cm³/mol. The van der Waals surface area contributed by atoms with Crippen molar-refractivity contribution in [2.45, 2.75) is 32.6 Å². The number of aryl methyl sites for hydroxylation is 1. The monoisotopic (exact) mass is 146 g/mol. The molecule has 0 unspecified atom stereocenters. The summed E-state index contributed by atoms with van der Waals surface area (Å²) in [6.07, 6.45) is 5.12. The SMILES string of the molecule is CCCCCc1c[c][c]cc1. The van der Waals surface area contributed by atoms with Gasteiger partial charge in [-0.3, -0.25) is 0 Å². The van der Waals surface area contributed by atoms with Gasteiger partial charge in [-0.1, -0.05) is 38.0 Å². The van der Waals surface area contributed by atoms with E-state index in [0.29, 0.717) is 0 Å². The van der Waals surface area contributed by atoms with Crippen molar-refractivity contribution in [1.82, 2.24) is 0 Å². The minimum Gasteiger partial charge on any atom is -0.0654 e. The van der Waals surface area contributed by atoms with Crippen LogP contribution in [0.2, 0.25) is 0 Å². The molecule has 0 aromatic heterocycles. The molecule has 0 heteroatoms. The number of unbranched alkanes of at least 4 members (excludes halogenated alkanes) is 2. The van der Waals surface area contributed by atoms with Crippen molar-refractivity contribution < 1.29 is 0 Å². The van der Waals surface area contributed by atoms with Crippen LogP contribution in [0.5, 0.6) is 0 Å². The quantitative estimate of drug-likeness (QED) is 0.573. The molecule has 0 aliphatic carbocycles. The molecule has 0 saturated carbocycles. The second kappa shape index (κ2) is 4.95. The van der Waals surface area contributed by atoms with Crippen molar-refractivity contribution in [1.29, 1.82) is 0 Å². The van der Waals surface area contributed by atoms with Crippen molar-refractivity contribution in [2.75, 3.05) is 0 Å². The van der Waals surface area contributed by atoms with Crippen LogP contribution in [0.3, 0.4) is 0 Å². The fourth-order valence-corrected chi connectivity index (χ4v) is 1.11. The van der Waals surface area contributed by atoms with Gasteiger partial charge in [0, 0.05) is 0 Å². The Labute approximate surface area is 69.3 Å². The third-order valence-electron chi connectivity index (χ3n) is 1.79. The lowest BCUT2D eigenvalue weighted by Crippen LogP contribution is -1.83. The molecular formula is C11H14. The van der Waals surface area contributed by atoms with Crippen LogP contribution in [0.1, 0.15) is 31.7 Å². The fraction of sp³-hybridized carbons (Fsp3) is 0.455. The summed E-state index contributed by atoms with van der Waals surface area (Å²) < 4.78 is 0. The van der Waals surface area contributed by atoms with E-state index in [1.54, 1.807) is 0 Å². The Morgan fingerprint density at radius 3 is 2.82 bits per heavy atom. The molecule has 0 fully saturated rings. The standard InChI is InChI=1S/C11H14/c1-2-3-5-8-11-9-6-4-7-10-11/h6,9-10H,2-3,5,8H2,1H3. The maximum atomic E-state index is 2.96. The second-order valence-corrected chi connectivity index (χ2v) is 2.80. The zero-order chi connectivity index (χ0) is 7.94. The molecule has 0 spiro atoms. The summed E-state index contributed by atoms with van der Waals surface area (Å²) in [5.41, 5.74) is 1.39. The number of hydrogen-bond donors (Lipinski definition) is 0. The van der Waals surface area contributed by atoms with Gasteiger partial charge in [0.25, 0.3) is 0 Å². The van der Waals surface area contributed by atoms with Crippen LogP contribution in [0.25, 0.3) is 0 Å². The van der Waals surface area contributed by atoms with Gasteiger partial charge in [0.15, 0.2) is 0 Å². The highest BCUT2D eigenvalue weighted by Gasteiger charge is 1.89. The molecule has 0 saturated heterocycles. The van der Waals surface area contributed by atoms with Crippen LogP contribution in [-0.4, -0.2) is 0 Å². The fourth-order valence-electron chi connectivity index (χ4n) is 1.11. The molecule has 0 nitrogen and oxygen atoms in total. The van der Waals surface area contributed by atoms with Gasteiger partial charge in [0.05, 0.1) is 0 Å². The number of rotatable bonds is 4. The van der Waals surface area contributed by atoms with Crippen molar-refractivity contribution in [2.24, 2.45) is 0 Å². The first-order chi connectivity index (χ1) is 5.43. The van der Waals surface area contributed by atoms with Gasteiger partial charge >= 0.3 is 0 Å². The highest BCUT2D eigenvalue weighted by molar-refractivity contribution is 5.12. The first-order valence-corrected chi connectivity index (χ1v) is 4.30. The zero-order valence-corrected chi connectivity index (χ0v) is 7.06. The Hall–Kier alpha value is -0.780. The van der Waals surface area contributed by atoms with E-state index >= 15 is 0 Å². The molecule has 0 heterocycles. The molecule has 1 aromatic rings. The van der Waals surface area contributed by atoms with E-state index in [0.717, 1.165) is 0 Å². The molecule has 0 aliphatic heterocycles. The molecule has 0 amide bonds. The molecule has 0 bridgehead atoms. The molecule has 1 aromatic carbocycles. The minimum atomic E-state index is 1.19. The Balaban J connectivity index is 2.28. The molecule has 11 heavy (non-hydrogen) atoms. The Bertz CT molecular complexity index is 176. The maximum Gasteiger partial charge on any atom is -0.00961 e. The molecule has 0 aliphatic rings. The summed E-state index contributed by atoms with van der Waals surface area (Å²) in [5.74, 6) is 0. The van der Waals surface area contributed by atoms with Gasteiger partial charge in [0.2, 0.25) is 0 Å². The maximum absolute atomic E-state index is 2.96. The summed E-state index contributed by atoms with van der Waals surface area (Å²) in [6.45, 7) is 2.23. The molecule has 0 N–H and O–H groups in total. The number of hydrogen-bond acceptors (Lipinski definition) is 0. The lowest BCUT2D eigenvalue weighted by atomic mass is 10.1. The van der Waals surface area contributed by atoms with Crippen molar-refractivity contribution in [3.63, 3.8) is 0 Å². The third-order valence-corrected chi connectivity index (χ3v) is 1.79. The lowest BCUT2D eigenvalue weighted by Gasteiger charge is -1.97. The summed E-state index contributed by atoms with van der Waals surface area (Å²) in [7, 11) is 0. The molecule has 1 rings (SSSR count). The van der Waals surface area contributed by atoms with E-state index in [9.17, 15) is 0 Å². The third kappa shape index (κ3) is 3.22. The molecule has 2 radical (unpaired) electrons. The topological polar surface area (TPSA) is 0 Å². The van der Waals surface area contributed by atoms with Crippen LogP contribution < -0.4 is 0 Å². The van der Waals surface area contributed by atoms with E-state index in [1.807, 2.05) is 12.1 Å². The highest BCUT2D eigenvalue weighted by atomic mass is 13.9. The van der Waals surface area contributed by atoms with Gasteiger partial charge in [-0.05, 0) is 30.5 Å². The Morgan fingerprint density at radius 1 is 1.27 bits per heavy atom. The van der Waals surface area contributed by atoms with Crippen molar-refractivity contribution >= 4 is 0 Å². The zero-order valence-electron chi connectivity index (χ0n) is 7.06. The number of benzene rings is 1. The van der Waals surface area contributed by atoms with Gasteiger partial charge in [0.1, 0.15) is 0 Å². The summed E-state index contributed by atoms with van der Waals surface area (Å²) in [4.78, 5) is 0. The Kier molecular flexibility index (Phi) is 3.74. The van der Waals surface area contributed by atoms with Crippen molar-refractivity contribution in [3.05, 3.63) is 35.9 Å². The lowest BCUT2D eigenvalue weighted by molar-refractivity contribution is 0.717. The van der Waals surface area contributed by atoms with Crippen LogP contribution in [0.15, 0.2) is 18.2 Å². The van der Waals surface area contributed by atoms with Gasteiger partial charge in [-0.2, -0.15) is 0 Å². The van der Waals surface area contributed by atoms with Gasteiger partial charge in [-0.25, -0.2) is 0 Å². The van der Waals surface area contributed by atoms with E-state index in [4.69, 9.17) is 0 Å². The van der Waals surface area contributed by atoms with Gasteiger partial charge in [-0.15, -0.1) is 0 Å². The van der Waals surface area contributed by atoms with Crippen LogP contribution in [-0.2, 0) is 6.42 Å². The predicted octanol–water partition coefficient (Wildman–Crippen LogP) is 3.02. The largest absolute Gasteiger partial charge is 0.0654 e. The average Bonchev–Trinajstić information content (AvgIpc) is 2.07. The smallest absolute Gasteiger partial charge is 0.00961 e. The van der Waals surface area contributed by atoms with Gasteiger partial charge < -0.3 is 0 Å². The van der Waals surface area contributed by atoms with E-state index in [-0.39, 0.29) is 0 Å². The van der Waals surface area contributed by atoms with Crippen LogP contribution >= 0.6 is 0 Å². The van der Waals surface area contributed by atoms with Crippen molar-refractivity contribution in [3.8, 4) is 0 Å². The summed E-state index contributed by atoms with van der Waals surface area (Å²) in [6, 6.07) is 11.9. The van der Waals surface area contributed by atoms with E-state index in [1.165, 1.54) is 31.2 Å². The molecule has 58 valence electrons. The van der Waals surface area contributed by atoms with Crippen LogP contribution in [0.4, 0.5) is 0 Å². The molecular weight excluding hydrogens is 132 g/mol. The summed E-state index contributed by atoms with van der Waals surface area (Å²) >= 11 is 0. The van der Waals surface area contributed by atoms with E-state index < -0.39 is 0 Å². The normalized spacial score (nSPS) is 9.91. The second-order valence-electron chi connectivity index (χ2n) is 2.80. The minimum absolute atomic E-state index is 1.19. The Morgan fingerprint density at radius 2 is 2.18 bits per heavy atom. The summed E-state index contributed by atoms with van der Waals surface area (Å²) in [5, 5.41) is 0. The average molecular weight is 146 g/mol. The van der Waals surface area contributed by atoms with Crippen LogP contribution in [0, 0.1) is 12.1 Å². The molecule has 0 atom stereocenters. The highest BCUT2D eigenvalue weighted by Crippen LogP contribution is 2.04. The first kappa shape index (κ1) is 8.32. The first-order valence-electron chi connectivity index (χ1n) is 4.30.